The summed E-state index contributed by atoms with van der Waals surface area (Å²) < 4.78 is 10.1. The fourth-order valence-corrected chi connectivity index (χ4v) is 3.05. The van der Waals surface area contributed by atoms with Crippen LogP contribution in [0.3, 0.4) is 0 Å². The average Bonchev–Trinajstić information content (AvgIpc) is 2.85. The Bertz CT molecular complexity index is 720. The maximum atomic E-state index is 11.8. The Morgan fingerprint density at radius 3 is 2.41 bits per heavy atom. The standard InChI is InChI=1S/C23H30NO4.CH2O2.CH4O.K/c1-2-27-18-28-23(26)14-13-22(24-15-6-16-25)17-19-9-11-21(12-10-19)20-7-4-3-5-8-20;2-1-3;1-2;/h4,7-12,16,22H,2-3,5-6,13-15,17-18H2,1H3;1H,(H,2,3);2H,1H3;/q-1;;;+1/t22-;;;/m0.../s1. The molecular weight excluding hydrogens is 465 g/mol. The van der Waals surface area contributed by atoms with Crippen molar-refractivity contribution in [3.8, 4) is 0 Å². The molecule has 0 aromatic heterocycles. The number of carbonyl (C=O) groups excluding carboxylic acids is 2. The molecule has 34 heavy (non-hydrogen) atoms. The van der Waals surface area contributed by atoms with Crippen molar-refractivity contribution in [3.63, 3.8) is 0 Å². The number of ether oxygens (including phenoxy) is 2. The number of hydrogen-bond donors (Lipinski definition) is 2. The first-order chi connectivity index (χ1) is 16.1. The summed E-state index contributed by atoms with van der Waals surface area (Å²) in [5.74, 6) is -0.282. The van der Waals surface area contributed by atoms with E-state index in [4.69, 9.17) is 24.5 Å². The third kappa shape index (κ3) is 17.3. The van der Waals surface area contributed by atoms with Crippen molar-refractivity contribution in [1.29, 1.82) is 0 Å². The van der Waals surface area contributed by atoms with Crippen molar-refractivity contribution in [2.75, 3.05) is 27.1 Å². The Hall–Kier alpha value is -1.17. The van der Waals surface area contributed by atoms with Gasteiger partial charge in [0.15, 0.2) is 6.79 Å². The monoisotopic (exact) mass is 501 g/mol. The topological polar surface area (TPSA) is 124 Å². The minimum absolute atomic E-state index is 0. The Balaban J connectivity index is 0. The van der Waals surface area contributed by atoms with Crippen LogP contribution in [0.4, 0.5) is 0 Å². The van der Waals surface area contributed by atoms with Gasteiger partial charge in [0.1, 0.15) is 6.29 Å². The normalized spacial score (nSPS) is 12.4. The summed E-state index contributed by atoms with van der Waals surface area (Å²) in [4.78, 5) is 30.8. The number of carboxylic acid groups (broad SMARTS) is 1. The summed E-state index contributed by atoms with van der Waals surface area (Å²) in [5.41, 5.74) is 3.65. The van der Waals surface area contributed by atoms with Gasteiger partial charge in [-0.25, -0.2) is 0 Å². The summed E-state index contributed by atoms with van der Waals surface area (Å²) in [6, 6.07) is 8.49. The number of aliphatic hydroxyl groups excluding tert-OH is 1. The summed E-state index contributed by atoms with van der Waals surface area (Å²) in [7, 11) is 1.00. The van der Waals surface area contributed by atoms with Crippen LogP contribution in [0.1, 0.15) is 50.2 Å². The molecule has 0 fully saturated rings. The van der Waals surface area contributed by atoms with E-state index in [0.717, 1.165) is 32.7 Å². The van der Waals surface area contributed by atoms with Crippen LogP contribution in [0.2, 0.25) is 0 Å². The van der Waals surface area contributed by atoms with Gasteiger partial charge in [0, 0.05) is 20.1 Å². The second-order valence-electron chi connectivity index (χ2n) is 6.83. The maximum absolute atomic E-state index is 11.8. The molecular formula is C25H36KNO7. The van der Waals surface area contributed by atoms with E-state index in [-0.39, 0.29) is 83.1 Å². The molecule has 2 N–H and O–H groups in total. The van der Waals surface area contributed by atoms with E-state index >= 15 is 0 Å². The first-order valence-electron chi connectivity index (χ1n) is 11.0. The van der Waals surface area contributed by atoms with Crippen molar-refractivity contribution >= 4 is 24.3 Å². The van der Waals surface area contributed by atoms with Crippen LogP contribution in [0, 0.1) is 0 Å². The van der Waals surface area contributed by atoms with Gasteiger partial charge in [0.25, 0.3) is 6.47 Å². The molecule has 0 saturated carbocycles. The van der Waals surface area contributed by atoms with Gasteiger partial charge in [0.2, 0.25) is 0 Å². The van der Waals surface area contributed by atoms with Crippen LogP contribution in [0.15, 0.2) is 42.5 Å². The molecule has 0 spiro atoms. The molecule has 0 bridgehead atoms. The van der Waals surface area contributed by atoms with Gasteiger partial charge in [-0.15, -0.1) is 12.6 Å². The van der Waals surface area contributed by atoms with E-state index in [1.165, 1.54) is 16.7 Å². The molecule has 0 unspecified atom stereocenters. The Kier molecular flexibility index (Phi) is 25.7. The van der Waals surface area contributed by atoms with Gasteiger partial charge in [-0.05, 0) is 49.3 Å². The number of rotatable bonds is 13. The van der Waals surface area contributed by atoms with Crippen molar-refractivity contribution in [2.45, 2.75) is 51.5 Å². The Morgan fingerprint density at radius 1 is 1.18 bits per heavy atom. The molecule has 0 aliphatic heterocycles. The van der Waals surface area contributed by atoms with E-state index in [1.54, 1.807) is 0 Å². The third-order valence-corrected chi connectivity index (χ3v) is 4.58. The molecule has 2 rings (SSSR count). The van der Waals surface area contributed by atoms with Gasteiger partial charge in [0.05, 0.1) is 0 Å². The molecule has 0 radical (unpaired) electrons. The number of nitrogens with zero attached hydrogens (tertiary/aromatic N) is 1. The van der Waals surface area contributed by atoms with Gasteiger partial charge in [-0.1, -0.05) is 48.9 Å². The van der Waals surface area contributed by atoms with Crippen LogP contribution < -0.4 is 51.4 Å². The van der Waals surface area contributed by atoms with Gasteiger partial charge < -0.3 is 29.8 Å². The fourth-order valence-electron chi connectivity index (χ4n) is 3.05. The predicted octanol–water partition coefficient (Wildman–Crippen LogP) is 0.925. The minimum atomic E-state index is -0.282. The van der Waals surface area contributed by atoms with Crippen LogP contribution in [-0.4, -0.2) is 62.0 Å². The quantitative estimate of drug-likeness (QED) is 0.135. The van der Waals surface area contributed by atoms with Crippen molar-refractivity contribution in [3.05, 3.63) is 58.9 Å². The fraction of sp³-hybridized carbons (Fsp3) is 0.480. The van der Waals surface area contributed by atoms with Crippen LogP contribution in [0.5, 0.6) is 0 Å². The van der Waals surface area contributed by atoms with E-state index in [1.807, 2.05) is 6.92 Å². The molecule has 1 atom stereocenters. The SMILES string of the molecule is CCOCOC(=O)CC[C@@H](Cc1ccc(C2=CCCC=C2)cc1)[N-]CCC=O.CO.O=CO.[K+]. The first kappa shape index (κ1) is 35.0. The van der Waals surface area contributed by atoms with Crippen molar-refractivity contribution in [1.82, 2.24) is 0 Å². The number of aldehydes is 1. The molecule has 0 heterocycles. The summed E-state index contributed by atoms with van der Waals surface area (Å²) in [6.45, 7) is 2.59. The van der Waals surface area contributed by atoms with E-state index < -0.39 is 0 Å². The summed E-state index contributed by atoms with van der Waals surface area (Å²) >= 11 is 0. The van der Waals surface area contributed by atoms with E-state index in [9.17, 15) is 9.59 Å². The third-order valence-electron chi connectivity index (χ3n) is 4.58. The molecule has 8 nitrogen and oxygen atoms in total. The number of esters is 1. The Labute approximate surface area is 245 Å². The molecule has 0 amide bonds. The van der Waals surface area contributed by atoms with Crippen LogP contribution in [-0.2, 0) is 30.3 Å². The van der Waals surface area contributed by atoms with Crippen LogP contribution in [0.25, 0.3) is 10.9 Å². The number of benzene rings is 1. The van der Waals surface area contributed by atoms with Gasteiger partial charge in [-0.2, -0.15) is 0 Å². The smallest absolute Gasteiger partial charge is 0.659 e. The van der Waals surface area contributed by atoms with E-state index in [0.29, 0.717) is 26.0 Å². The second kappa shape index (κ2) is 24.9. The zero-order valence-corrected chi connectivity index (χ0v) is 23.6. The molecule has 1 aromatic rings. The molecule has 1 aliphatic rings. The van der Waals surface area contributed by atoms with Crippen molar-refractivity contribution < 1.29 is 85.5 Å². The van der Waals surface area contributed by atoms with E-state index in [2.05, 4.69) is 47.8 Å². The molecule has 0 saturated heterocycles. The Morgan fingerprint density at radius 2 is 1.85 bits per heavy atom. The van der Waals surface area contributed by atoms with Gasteiger partial charge >= 0.3 is 57.4 Å². The number of hydrogen-bond acceptors (Lipinski definition) is 6. The molecule has 184 valence electrons. The zero-order valence-electron chi connectivity index (χ0n) is 20.5. The first-order valence-corrected chi connectivity index (χ1v) is 11.0. The second-order valence-corrected chi connectivity index (χ2v) is 6.83. The molecule has 9 heteroatoms. The average molecular weight is 502 g/mol. The maximum Gasteiger partial charge on any atom is 1.00 e. The summed E-state index contributed by atoms with van der Waals surface area (Å²) in [6.07, 6.45) is 11.7. The largest absolute Gasteiger partial charge is 1.00 e. The molecule has 1 aromatic carbocycles. The molecule has 1 aliphatic carbocycles. The number of aliphatic hydroxyl groups is 1. The summed E-state index contributed by atoms with van der Waals surface area (Å²) in [5, 5.41) is 18.5. The minimum Gasteiger partial charge on any atom is -0.659 e. The zero-order chi connectivity index (χ0) is 24.7. The number of carbonyl (C=O) groups is 3. The van der Waals surface area contributed by atoms with Gasteiger partial charge in [-0.3, -0.25) is 9.59 Å². The van der Waals surface area contributed by atoms with Crippen LogP contribution >= 0.6 is 0 Å². The predicted molar refractivity (Wildman–Crippen MR) is 128 cm³/mol. The number of allylic oxidation sites excluding steroid dienone is 4. The van der Waals surface area contributed by atoms with Crippen molar-refractivity contribution in [2.24, 2.45) is 0 Å².